The number of piperidine rings is 1. The van der Waals surface area contributed by atoms with Crippen molar-refractivity contribution in [3.05, 3.63) is 53.8 Å². The number of fused-ring (bicyclic) bond motifs is 1. The number of ether oxygens (including phenoxy) is 2. The van der Waals surface area contributed by atoms with Gasteiger partial charge >= 0.3 is 0 Å². The molecule has 0 spiro atoms. The second-order valence-corrected chi connectivity index (χ2v) is 8.18. The molecule has 3 heterocycles. The number of anilines is 1. The lowest BCUT2D eigenvalue weighted by Crippen LogP contribution is -2.55. The third-order valence-corrected chi connectivity index (χ3v) is 6.38. The van der Waals surface area contributed by atoms with Gasteiger partial charge in [0.05, 0.1) is 0 Å². The fourth-order valence-electron chi connectivity index (χ4n) is 4.83. The van der Waals surface area contributed by atoms with Gasteiger partial charge in [-0.3, -0.25) is 9.80 Å². The van der Waals surface area contributed by atoms with E-state index in [0.717, 1.165) is 63.0 Å². The van der Waals surface area contributed by atoms with Crippen LogP contribution in [0.25, 0.3) is 0 Å². The monoisotopic (exact) mass is 397 g/mol. The van der Waals surface area contributed by atoms with Crippen LogP contribution in [0, 0.1) is 5.82 Å². The molecule has 1 unspecified atom stereocenters. The van der Waals surface area contributed by atoms with Gasteiger partial charge in [0, 0.05) is 56.6 Å². The van der Waals surface area contributed by atoms with Crippen LogP contribution in [-0.2, 0) is 6.54 Å². The Balaban J connectivity index is 1.18. The lowest BCUT2D eigenvalue weighted by Gasteiger charge is -2.44. The van der Waals surface area contributed by atoms with Crippen molar-refractivity contribution in [2.45, 2.75) is 25.4 Å². The van der Waals surface area contributed by atoms with Crippen molar-refractivity contribution in [3.63, 3.8) is 0 Å². The Morgan fingerprint density at radius 2 is 1.76 bits per heavy atom. The predicted octanol–water partition coefficient (Wildman–Crippen LogP) is 3.34. The van der Waals surface area contributed by atoms with Gasteiger partial charge in [0.25, 0.3) is 0 Å². The molecule has 0 bridgehead atoms. The summed E-state index contributed by atoms with van der Waals surface area (Å²) >= 11 is 0. The summed E-state index contributed by atoms with van der Waals surface area (Å²) in [5.41, 5.74) is 2.35. The number of piperazine rings is 1. The molecule has 2 aromatic carbocycles. The summed E-state index contributed by atoms with van der Waals surface area (Å²) in [5.74, 6) is 1.62. The predicted molar refractivity (Wildman–Crippen MR) is 111 cm³/mol. The van der Waals surface area contributed by atoms with Crippen LogP contribution in [0.2, 0.25) is 0 Å². The molecule has 0 aromatic heterocycles. The highest BCUT2D eigenvalue weighted by molar-refractivity contribution is 5.48. The van der Waals surface area contributed by atoms with Crippen LogP contribution < -0.4 is 14.4 Å². The van der Waals surface area contributed by atoms with Gasteiger partial charge in [-0.15, -0.1) is 0 Å². The van der Waals surface area contributed by atoms with Gasteiger partial charge in [-0.25, -0.2) is 4.39 Å². The number of nitrogens with zero attached hydrogens (tertiary/aromatic N) is 3. The molecule has 5 nitrogen and oxygen atoms in total. The maximum Gasteiger partial charge on any atom is 0.231 e. The molecule has 3 aliphatic heterocycles. The largest absolute Gasteiger partial charge is 0.454 e. The summed E-state index contributed by atoms with van der Waals surface area (Å²) in [6.07, 6.45) is 2.49. The molecule has 154 valence electrons. The quantitative estimate of drug-likeness (QED) is 0.789. The molecule has 3 aliphatic rings. The molecule has 2 saturated heterocycles. The highest BCUT2D eigenvalue weighted by Crippen LogP contribution is 2.36. The molecule has 0 amide bonds. The van der Waals surface area contributed by atoms with Crippen molar-refractivity contribution in [3.8, 4) is 11.5 Å². The number of hydrogen-bond donors (Lipinski definition) is 0. The Morgan fingerprint density at radius 3 is 2.59 bits per heavy atom. The third kappa shape index (κ3) is 4.05. The van der Waals surface area contributed by atoms with Crippen LogP contribution in [0.4, 0.5) is 10.1 Å². The van der Waals surface area contributed by atoms with Crippen molar-refractivity contribution in [1.29, 1.82) is 0 Å². The summed E-state index contributed by atoms with van der Waals surface area (Å²) < 4.78 is 24.4. The van der Waals surface area contributed by atoms with Crippen molar-refractivity contribution in [1.82, 2.24) is 9.80 Å². The van der Waals surface area contributed by atoms with Gasteiger partial charge in [0.15, 0.2) is 11.5 Å². The SMILES string of the molecule is Fc1ccc(N2CCN(C3CCCN(Cc4cccc5c4OCO5)C3)CC2)cc1. The standard InChI is InChI=1S/C23H28FN3O2/c24-19-6-8-20(9-7-19)26-11-13-27(14-12-26)21-4-2-10-25(16-21)15-18-3-1-5-22-23(18)29-17-28-22/h1,3,5-9,21H,2,4,10-17H2. The molecule has 0 radical (unpaired) electrons. The van der Waals surface area contributed by atoms with E-state index >= 15 is 0 Å². The number of rotatable bonds is 4. The minimum Gasteiger partial charge on any atom is -0.454 e. The van der Waals surface area contributed by atoms with E-state index in [0.29, 0.717) is 12.8 Å². The zero-order chi connectivity index (χ0) is 19.6. The van der Waals surface area contributed by atoms with Gasteiger partial charge < -0.3 is 14.4 Å². The highest BCUT2D eigenvalue weighted by Gasteiger charge is 2.29. The Hall–Kier alpha value is -2.31. The molecule has 0 aliphatic carbocycles. The first kappa shape index (κ1) is 18.7. The van der Waals surface area contributed by atoms with Crippen LogP contribution >= 0.6 is 0 Å². The fourth-order valence-corrected chi connectivity index (χ4v) is 4.83. The molecular formula is C23H28FN3O2. The normalized spacial score (nSPS) is 22.8. The van der Waals surface area contributed by atoms with Gasteiger partial charge in [0.1, 0.15) is 5.82 Å². The molecule has 6 heteroatoms. The lowest BCUT2D eigenvalue weighted by molar-refractivity contribution is 0.0880. The van der Waals surface area contributed by atoms with Crippen LogP contribution in [0.5, 0.6) is 11.5 Å². The Labute approximate surface area is 171 Å². The summed E-state index contributed by atoms with van der Waals surface area (Å²) in [7, 11) is 0. The zero-order valence-electron chi connectivity index (χ0n) is 16.7. The van der Waals surface area contributed by atoms with Crippen LogP contribution in [0.15, 0.2) is 42.5 Å². The molecule has 0 N–H and O–H groups in total. The van der Waals surface area contributed by atoms with E-state index in [2.05, 4.69) is 26.8 Å². The maximum absolute atomic E-state index is 13.2. The van der Waals surface area contributed by atoms with Crippen molar-refractivity contribution in [2.75, 3.05) is 51.0 Å². The second-order valence-electron chi connectivity index (χ2n) is 8.18. The molecule has 29 heavy (non-hydrogen) atoms. The molecule has 5 rings (SSSR count). The average Bonchev–Trinajstić information content (AvgIpc) is 3.25. The minimum absolute atomic E-state index is 0.171. The van der Waals surface area contributed by atoms with Crippen molar-refractivity contribution >= 4 is 5.69 Å². The summed E-state index contributed by atoms with van der Waals surface area (Å²) in [6, 6.07) is 13.7. The maximum atomic E-state index is 13.2. The fraction of sp³-hybridized carbons (Fsp3) is 0.478. The lowest BCUT2D eigenvalue weighted by atomic mass is 10.0. The van der Waals surface area contributed by atoms with Crippen molar-refractivity contribution < 1.29 is 13.9 Å². The van der Waals surface area contributed by atoms with Gasteiger partial charge in [0.2, 0.25) is 6.79 Å². The molecule has 1 atom stereocenters. The van der Waals surface area contributed by atoms with E-state index in [-0.39, 0.29) is 5.82 Å². The molecule has 2 fully saturated rings. The molecule has 0 saturated carbocycles. The van der Waals surface area contributed by atoms with E-state index in [1.54, 1.807) is 12.1 Å². The van der Waals surface area contributed by atoms with Gasteiger partial charge in [-0.05, 0) is 49.7 Å². The summed E-state index contributed by atoms with van der Waals surface area (Å²) in [6.45, 7) is 7.60. The van der Waals surface area contributed by atoms with E-state index in [9.17, 15) is 4.39 Å². The van der Waals surface area contributed by atoms with E-state index in [1.807, 2.05) is 18.2 Å². The van der Waals surface area contributed by atoms with Gasteiger partial charge in [-0.1, -0.05) is 12.1 Å². The first-order valence-electron chi connectivity index (χ1n) is 10.6. The van der Waals surface area contributed by atoms with E-state index < -0.39 is 0 Å². The Bertz CT molecular complexity index is 837. The number of hydrogen-bond acceptors (Lipinski definition) is 5. The van der Waals surface area contributed by atoms with Crippen molar-refractivity contribution in [2.24, 2.45) is 0 Å². The first-order valence-corrected chi connectivity index (χ1v) is 10.6. The summed E-state index contributed by atoms with van der Waals surface area (Å²) in [4.78, 5) is 7.56. The molecule has 2 aromatic rings. The van der Waals surface area contributed by atoms with Crippen LogP contribution in [-0.4, -0.2) is 61.9 Å². The van der Waals surface area contributed by atoms with Gasteiger partial charge in [-0.2, -0.15) is 0 Å². The number of halogens is 1. The third-order valence-electron chi connectivity index (χ3n) is 6.38. The number of likely N-dealkylation sites (tertiary alicyclic amines) is 1. The highest BCUT2D eigenvalue weighted by atomic mass is 19.1. The number of benzene rings is 2. The first-order chi connectivity index (χ1) is 14.3. The number of para-hydroxylation sites is 1. The second kappa shape index (κ2) is 8.20. The van der Waals surface area contributed by atoms with Crippen LogP contribution in [0.3, 0.4) is 0 Å². The summed E-state index contributed by atoms with van der Waals surface area (Å²) in [5, 5.41) is 0. The Morgan fingerprint density at radius 1 is 0.931 bits per heavy atom. The smallest absolute Gasteiger partial charge is 0.231 e. The minimum atomic E-state index is -0.171. The van der Waals surface area contributed by atoms with Crippen LogP contribution in [0.1, 0.15) is 18.4 Å². The Kier molecular flexibility index (Phi) is 5.29. The average molecular weight is 397 g/mol. The zero-order valence-corrected chi connectivity index (χ0v) is 16.7. The van der Waals surface area contributed by atoms with E-state index in [1.165, 1.54) is 18.4 Å². The van der Waals surface area contributed by atoms with E-state index in [4.69, 9.17) is 9.47 Å². The topological polar surface area (TPSA) is 28.2 Å². The molecular weight excluding hydrogens is 369 g/mol.